The zero-order chi connectivity index (χ0) is 64.1. The minimum atomic E-state index is -0.643. The number of rotatable bonds is 7. The molecule has 0 N–H and O–H groups in total. The Hall–Kier alpha value is -12.1. The lowest BCUT2D eigenvalue weighted by molar-refractivity contribution is 0.728. The Bertz CT molecular complexity index is 5600. The van der Waals surface area contributed by atoms with Crippen LogP contribution in [-0.4, -0.2) is 14.1 Å². The minimum Gasteiger partial charge on any atom is -0.344 e. The molecule has 1 atom stereocenters. The third kappa shape index (κ3) is 7.29. The standard InChI is InChI=1S/C95H64N2/c1-96-86-56-23-21-51-80(86)93(62-31-7-3-8-32-62,63-33-9-4-10-34-63)84-54-27-46-71(91(84)96)67-42-25-44-69-76(67)60-77-68(72-47-28-55-85-92(72)97(2)87-57-24-22-52-81(87)94(85,64-35-11-5-12-36-64)65-37-13-6-14-38-65)43-26-45-70(77)88(69)75-48-29-53-82-90(75)74-41-18-20-50-79(74)95(82)78-49-19-17-40-73(78)89-66-39-16-15-30-61(66)58-59-83(89)95/h3-60H,1-2H3. The van der Waals surface area contributed by atoms with Gasteiger partial charge in [0.15, 0.2) is 0 Å². The monoisotopic (exact) mass is 1230 g/mol. The molecule has 1 spiro atoms. The van der Waals surface area contributed by atoms with E-state index in [-0.39, 0.29) is 0 Å². The first-order valence-corrected chi connectivity index (χ1v) is 34.0. The molecule has 97 heavy (non-hydrogen) atoms. The maximum absolute atomic E-state index is 2.57. The molecular weight excluding hydrogens is 1170 g/mol. The molecule has 0 radical (unpaired) electrons. The van der Waals surface area contributed by atoms with E-state index in [0.717, 1.165) is 0 Å². The Morgan fingerprint density at radius 2 is 0.536 bits per heavy atom. The van der Waals surface area contributed by atoms with Gasteiger partial charge in [-0.2, -0.15) is 0 Å². The van der Waals surface area contributed by atoms with Gasteiger partial charge in [0, 0.05) is 36.6 Å². The summed E-state index contributed by atoms with van der Waals surface area (Å²) < 4.78 is 0. The van der Waals surface area contributed by atoms with E-state index in [4.69, 9.17) is 0 Å². The highest BCUT2D eigenvalue weighted by molar-refractivity contribution is 6.22. The van der Waals surface area contributed by atoms with E-state index in [0.29, 0.717) is 0 Å². The van der Waals surface area contributed by atoms with Crippen LogP contribution in [0, 0.1) is 0 Å². The van der Waals surface area contributed by atoms with Crippen LogP contribution in [0.2, 0.25) is 0 Å². The Kier molecular flexibility index (Phi) is 12.0. The lowest BCUT2D eigenvalue weighted by atomic mass is 9.62. The maximum atomic E-state index is 2.57. The van der Waals surface area contributed by atoms with E-state index in [1.54, 1.807) is 0 Å². The fourth-order valence-corrected chi connectivity index (χ4v) is 19.0. The second-order valence-corrected chi connectivity index (χ2v) is 26.9. The summed E-state index contributed by atoms with van der Waals surface area (Å²) in [4.78, 5) is 4.96. The normalized spacial score (nSPS) is 15.5. The third-order valence-electron chi connectivity index (χ3n) is 22.6. The topological polar surface area (TPSA) is 6.48 Å². The Labute approximate surface area is 565 Å². The van der Waals surface area contributed by atoms with Crippen molar-refractivity contribution in [2.24, 2.45) is 0 Å². The molecule has 0 saturated heterocycles. The van der Waals surface area contributed by atoms with Crippen molar-refractivity contribution in [2.45, 2.75) is 16.2 Å². The lowest BCUT2D eigenvalue weighted by Gasteiger charge is -2.46. The summed E-state index contributed by atoms with van der Waals surface area (Å²) in [6.45, 7) is 0. The summed E-state index contributed by atoms with van der Waals surface area (Å²) in [6.07, 6.45) is 0. The molecule has 454 valence electrons. The predicted octanol–water partition coefficient (Wildman–Crippen LogP) is 23.4. The molecule has 16 aromatic rings. The summed E-state index contributed by atoms with van der Waals surface area (Å²) in [5, 5.41) is 7.33. The number of hydrogen-bond acceptors (Lipinski definition) is 2. The number of benzene rings is 16. The molecule has 16 aromatic carbocycles. The van der Waals surface area contributed by atoms with Crippen molar-refractivity contribution >= 4 is 55.1 Å². The van der Waals surface area contributed by atoms with Crippen molar-refractivity contribution in [1.82, 2.24) is 0 Å². The highest BCUT2D eigenvalue weighted by Crippen LogP contribution is 2.67. The first-order valence-electron chi connectivity index (χ1n) is 34.0. The van der Waals surface area contributed by atoms with E-state index in [9.17, 15) is 0 Å². The zero-order valence-electron chi connectivity index (χ0n) is 53.9. The predicted molar refractivity (Wildman–Crippen MR) is 404 cm³/mol. The summed E-state index contributed by atoms with van der Waals surface area (Å²) in [5.41, 5.74) is 30.5. The average molecular weight is 1230 g/mol. The second kappa shape index (κ2) is 20.9. The van der Waals surface area contributed by atoms with Crippen LogP contribution < -0.4 is 9.80 Å². The van der Waals surface area contributed by atoms with Gasteiger partial charge in [-0.3, -0.25) is 0 Å². The van der Waals surface area contributed by atoms with Gasteiger partial charge in [0.25, 0.3) is 0 Å². The summed E-state index contributed by atoms with van der Waals surface area (Å²) in [5.74, 6) is 0. The average Bonchev–Trinajstić information content (AvgIpc) is 1.66. The molecule has 2 nitrogen and oxygen atoms in total. The Morgan fingerprint density at radius 1 is 0.196 bits per heavy atom. The number of hydrogen-bond donors (Lipinski definition) is 0. The van der Waals surface area contributed by atoms with Gasteiger partial charge in [-0.1, -0.05) is 334 Å². The summed E-state index contributed by atoms with van der Waals surface area (Å²) in [6, 6.07) is 134. The molecule has 0 aromatic heterocycles. The highest BCUT2D eigenvalue weighted by atomic mass is 15.1. The molecular formula is C95H64N2. The van der Waals surface area contributed by atoms with Crippen LogP contribution in [0.15, 0.2) is 352 Å². The fraction of sp³-hybridized carbons (Fsp3) is 0.0526. The molecule has 2 aliphatic heterocycles. The van der Waals surface area contributed by atoms with Crippen molar-refractivity contribution in [1.29, 1.82) is 0 Å². The van der Waals surface area contributed by atoms with Crippen LogP contribution in [0.1, 0.15) is 66.8 Å². The van der Waals surface area contributed by atoms with Crippen LogP contribution in [0.3, 0.4) is 0 Å². The van der Waals surface area contributed by atoms with E-state index < -0.39 is 16.2 Å². The zero-order valence-corrected chi connectivity index (χ0v) is 53.9. The van der Waals surface area contributed by atoms with Gasteiger partial charge in [-0.15, -0.1) is 0 Å². The molecule has 0 bridgehead atoms. The van der Waals surface area contributed by atoms with Crippen molar-refractivity contribution in [2.75, 3.05) is 23.9 Å². The third-order valence-corrected chi connectivity index (χ3v) is 22.6. The smallest absolute Gasteiger partial charge is 0.0742 e. The van der Waals surface area contributed by atoms with Crippen molar-refractivity contribution < 1.29 is 0 Å². The van der Waals surface area contributed by atoms with Gasteiger partial charge < -0.3 is 9.80 Å². The van der Waals surface area contributed by atoms with Crippen LogP contribution in [0.5, 0.6) is 0 Å². The minimum absolute atomic E-state index is 0.573. The van der Waals surface area contributed by atoms with Crippen molar-refractivity contribution in [3.63, 3.8) is 0 Å². The van der Waals surface area contributed by atoms with E-state index in [1.165, 1.54) is 177 Å². The Morgan fingerprint density at radius 3 is 1.03 bits per heavy atom. The van der Waals surface area contributed by atoms with E-state index in [1.807, 2.05) is 0 Å². The number of anilines is 4. The van der Waals surface area contributed by atoms with Crippen molar-refractivity contribution in [3.05, 3.63) is 419 Å². The van der Waals surface area contributed by atoms with Gasteiger partial charge >= 0.3 is 0 Å². The van der Waals surface area contributed by atoms with Gasteiger partial charge in [0.05, 0.1) is 27.6 Å². The first-order chi connectivity index (χ1) is 48.0. The quantitative estimate of drug-likeness (QED) is 0.147. The highest BCUT2D eigenvalue weighted by Gasteiger charge is 2.53. The molecule has 2 aliphatic carbocycles. The largest absolute Gasteiger partial charge is 0.344 e. The summed E-state index contributed by atoms with van der Waals surface area (Å²) in [7, 11) is 4.57. The molecule has 4 aliphatic rings. The number of fused-ring (bicyclic) bond motifs is 18. The van der Waals surface area contributed by atoms with Crippen LogP contribution >= 0.6 is 0 Å². The number of nitrogens with zero attached hydrogens (tertiary/aromatic N) is 2. The van der Waals surface area contributed by atoms with Crippen LogP contribution in [-0.2, 0) is 16.2 Å². The second-order valence-electron chi connectivity index (χ2n) is 26.9. The molecule has 0 fully saturated rings. The molecule has 2 heteroatoms. The van der Waals surface area contributed by atoms with Crippen LogP contribution in [0.4, 0.5) is 22.7 Å². The maximum Gasteiger partial charge on any atom is 0.0742 e. The van der Waals surface area contributed by atoms with E-state index in [2.05, 4.69) is 376 Å². The Balaban J connectivity index is 0.920. The van der Waals surface area contributed by atoms with E-state index >= 15 is 0 Å². The number of para-hydroxylation sites is 4. The molecule has 1 unspecified atom stereocenters. The molecule has 20 rings (SSSR count). The molecule has 0 saturated carbocycles. The molecule has 0 amide bonds. The SMILES string of the molecule is CN1c2ccccc2C(c2ccccc2)(c2ccccc2)c2cccc(-c3cccc4c(-c5cccc6c5-c5ccccc5C65c6ccccc6-c6c5ccc5ccccc65)c5cccc(-c6cccc7c6N(C)c6ccccc6C7(c6ccccc6)c6ccccc6)c5cc34)c21. The van der Waals surface area contributed by atoms with Gasteiger partial charge in [0.2, 0.25) is 0 Å². The molecule has 2 heterocycles. The first kappa shape index (κ1) is 55.4. The fourth-order valence-electron chi connectivity index (χ4n) is 19.0. The van der Waals surface area contributed by atoms with Gasteiger partial charge in [-0.25, -0.2) is 0 Å². The summed E-state index contributed by atoms with van der Waals surface area (Å²) >= 11 is 0. The van der Waals surface area contributed by atoms with Crippen LogP contribution in [0.25, 0.3) is 88.0 Å². The lowest BCUT2D eigenvalue weighted by Crippen LogP contribution is -2.38. The van der Waals surface area contributed by atoms with Gasteiger partial charge in [-0.05, 0) is 162 Å². The van der Waals surface area contributed by atoms with Crippen molar-refractivity contribution in [3.8, 4) is 55.6 Å². The van der Waals surface area contributed by atoms with Gasteiger partial charge in [0.1, 0.15) is 0 Å².